The number of nitrogens with one attached hydrogen (secondary N) is 5. The van der Waals surface area contributed by atoms with Gasteiger partial charge in [-0.2, -0.15) is 0 Å². The number of amides is 3. The topological polar surface area (TPSA) is 205 Å². The van der Waals surface area contributed by atoms with Crippen LogP contribution in [0.3, 0.4) is 0 Å². The maximum absolute atomic E-state index is 14.1. The lowest BCUT2D eigenvalue weighted by Gasteiger charge is -2.37. The first-order valence-electron chi connectivity index (χ1n) is 15.0. The Balaban J connectivity index is 1.75. The molecule has 2 aromatic rings. The van der Waals surface area contributed by atoms with Crippen molar-refractivity contribution in [2.45, 2.75) is 51.7 Å². The third kappa shape index (κ3) is 10.4. The third-order valence-electron chi connectivity index (χ3n) is 7.38. The van der Waals surface area contributed by atoms with Gasteiger partial charge in [0.05, 0.1) is 34.5 Å². The van der Waals surface area contributed by atoms with Crippen LogP contribution < -0.4 is 31.3 Å². The zero-order chi connectivity index (χ0) is 35.6. The van der Waals surface area contributed by atoms with Crippen molar-refractivity contribution < 1.29 is 33.0 Å². The molecule has 0 radical (unpaired) electrons. The predicted octanol–water partition coefficient (Wildman–Crippen LogP) is 3.60. The normalized spacial score (nSPS) is 16.6. The monoisotopic (exact) mass is 723 g/mol. The van der Waals surface area contributed by atoms with Crippen molar-refractivity contribution in [3.8, 4) is 5.75 Å². The number of hydrogen-bond donors (Lipinski definition) is 6. The zero-order valence-corrected chi connectivity index (χ0v) is 29.3. The minimum atomic E-state index is -3.82. The highest BCUT2D eigenvalue weighted by Gasteiger charge is 2.39. The molecule has 0 aromatic heterocycles. The van der Waals surface area contributed by atoms with Crippen LogP contribution in [-0.2, 0) is 23.7 Å². The highest BCUT2D eigenvalue weighted by Crippen LogP contribution is 2.48. The third-order valence-corrected chi connectivity index (χ3v) is 10.3. The quantitative estimate of drug-likeness (QED) is 0.0949. The molecule has 3 rings (SSSR count). The SMILES string of the molecule is COC(=O)[C@H](C)NP(=O)(Oc1ccccc1)N1CCC(NC(=O)C(=N)/C(=C\NC(=O)[C@@H](N)C(C)C)NC(=O)c2c(Cl)cccc2Cl)CC1. The van der Waals surface area contributed by atoms with E-state index in [1.54, 1.807) is 54.9 Å². The van der Waals surface area contributed by atoms with Crippen LogP contribution in [0, 0.1) is 11.3 Å². The first kappa shape index (κ1) is 38.7. The van der Waals surface area contributed by atoms with Crippen LogP contribution in [0.1, 0.15) is 44.0 Å². The fourth-order valence-corrected chi connectivity index (χ4v) is 7.19. The van der Waals surface area contributed by atoms with Gasteiger partial charge in [0.25, 0.3) is 11.8 Å². The van der Waals surface area contributed by atoms with Crippen LogP contribution in [0.4, 0.5) is 0 Å². The van der Waals surface area contributed by atoms with Crippen LogP contribution in [0.15, 0.2) is 60.4 Å². The van der Waals surface area contributed by atoms with Crippen LogP contribution in [0.2, 0.25) is 10.0 Å². The first-order chi connectivity index (χ1) is 22.7. The summed E-state index contributed by atoms with van der Waals surface area (Å²) in [7, 11) is -2.60. The molecule has 14 nitrogen and oxygen atoms in total. The molecule has 3 amide bonds. The molecule has 17 heteroatoms. The summed E-state index contributed by atoms with van der Waals surface area (Å²) in [5.41, 5.74) is 4.82. The maximum Gasteiger partial charge on any atom is 0.393 e. The molecule has 7 N–H and O–H groups in total. The van der Waals surface area contributed by atoms with Gasteiger partial charge in [-0.25, -0.2) is 14.3 Å². The van der Waals surface area contributed by atoms with Crippen molar-refractivity contribution >= 4 is 60.3 Å². The molecule has 1 heterocycles. The summed E-state index contributed by atoms with van der Waals surface area (Å²) in [5, 5.41) is 19.1. The number of benzene rings is 2. The molecular weight excluding hydrogens is 684 g/mol. The standard InChI is InChI=1S/C31H40Cl2N7O7P/c1-18(2)26(34)29(42)36-17-24(38-28(41)25-22(32)11-8-12-23(25)33)27(35)30(43)37-20-13-15-40(16-14-20)48(45,39-19(3)31(44)46-4)47-21-9-6-5-7-10-21/h5-12,17-20,26,35H,13-16,34H2,1-4H3,(H,36,42)(H,37,43)(H,38,41)(H,39,45)/b24-17+,35-27?/t19-,26-,48?/m0/s1. The number of esters is 1. The number of methoxy groups -OCH3 is 1. The number of nitrogens with zero attached hydrogens (tertiary/aromatic N) is 1. The van der Waals surface area contributed by atoms with E-state index in [1.807, 2.05) is 0 Å². The number of halogens is 2. The van der Waals surface area contributed by atoms with Crippen LogP contribution in [0.25, 0.3) is 0 Å². The number of para-hydroxylation sites is 1. The molecule has 2 aromatic carbocycles. The Morgan fingerprint density at radius 2 is 1.62 bits per heavy atom. The Labute approximate surface area is 289 Å². The molecule has 1 unspecified atom stereocenters. The molecule has 0 spiro atoms. The van der Waals surface area contributed by atoms with E-state index in [2.05, 4.69) is 21.0 Å². The van der Waals surface area contributed by atoms with Crippen molar-refractivity contribution in [2.75, 3.05) is 20.2 Å². The first-order valence-corrected chi connectivity index (χ1v) is 17.4. The predicted molar refractivity (Wildman–Crippen MR) is 183 cm³/mol. The van der Waals surface area contributed by atoms with E-state index in [-0.39, 0.29) is 40.3 Å². The molecule has 48 heavy (non-hydrogen) atoms. The average Bonchev–Trinajstić information content (AvgIpc) is 3.05. The number of hydrogen-bond acceptors (Lipinski definition) is 9. The van der Waals surface area contributed by atoms with E-state index >= 15 is 0 Å². The van der Waals surface area contributed by atoms with Gasteiger partial charge in [-0.1, -0.05) is 61.3 Å². The summed E-state index contributed by atoms with van der Waals surface area (Å²) in [4.78, 5) is 51.1. The summed E-state index contributed by atoms with van der Waals surface area (Å²) in [6, 6.07) is 10.7. The number of carbonyl (C=O) groups is 4. The molecule has 1 aliphatic heterocycles. The Hall–Kier alpha value is -3.78. The summed E-state index contributed by atoms with van der Waals surface area (Å²) >= 11 is 12.4. The van der Waals surface area contributed by atoms with Gasteiger partial charge in [0.1, 0.15) is 17.5 Å². The minimum Gasteiger partial charge on any atom is -0.468 e. The van der Waals surface area contributed by atoms with E-state index in [0.29, 0.717) is 18.6 Å². The van der Waals surface area contributed by atoms with Crippen LogP contribution in [-0.4, -0.2) is 72.4 Å². The molecule has 260 valence electrons. The van der Waals surface area contributed by atoms with Gasteiger partial charge in [0.15, 0.2) is 0 Å². The van der Waals surface area contributed by atoms with Gasteiger partial charge in [-0.15, -0.1) is 0 Å². The summed E-state index contributed by atoms with van der Waals surface area (Å²) in [6.07, 6.45) is 1.62. The Bertz CT molecular complexity index is 1560. The van der Waals surface area contributed by atoms with E-state index in [1.165, 1.54) is 26.2 Å². The van der Waals surface area contributed by atoms with E-state index in [0.717, 1.165) is 6.20 Å². The van der Waals surface area contributed by atoms with Crippen molar-refractivity contribution in [1.29, 1.82) is 5.41 Å². The highest BCUT2D eigenvalue weighted by molar-refractivity contribution is 7.54. The summed E-state index contributed by atoms with van der Waals surface area (Å²) in [6.45, 7) is 5.39. The molecule has 0 saturated carbocycles. The Morgan fingerprint density at radius 1 is 1.02 bits per heavy atom. The van der Waals surface area contributed by atoms with Crippen molar-refractivity contribution in [3.63, 3.8) is 0 Å². The zero-order valence-electron chi connectivity index (χ0n) is 26.9. The lowest BCUT2D eigenvalue weighted by atomic mass is 10.1. The van der Waals surface area contributed by atoms with Gasteiger partial charge < -0.3 is 30.9 Å². The minimum absolute atomic E-state index is 0.0389. The number of piperidine rings is 1. The van der Waals surface area contributed by atoms with Gasteiger partial charge >= 0.3 is 13.6 Å². The fraction of sp³-hybridized carbons (Fsp3) is 0.387. The fourth-order valence-electron chi connectivity index (χ4n) is 4.53. The average molecular weight is 725 g/mol. The van der Waals surface area contributed by atoms with Crippen LogP contribution in [0.5, 0.6) is 5.75 Å². The number of ether oxygens (including phenoxy) is 1. The molecular formula is C31H40Cl2N7O7P. The lowest BCUT2D eigenvalue weighted by Crippen LogP contribution is -2.49. The van der Waals surface area contributed by atoms with E-state index in [9.17, 15) is 23.7 Å². The molecule has 0 bridgehead atoms. The van der Waals surface area contributed by atoms with E-state index < -0.39 is 55.2 Å². The molecule has 1 saturated heterocycles. The molecule has 0 aliphatic carbocycles. The van der Waals surface area contributed by atoms with Gasteiger partial charge in [0, 0.05) is 25.3 Å². The number of rotatable bonds is 14. The lowest BCUT2D eigenvalue weighted by molar-refractivity contribution is -0.142. The van der Waals surface area contributed by atoms with Crippen LogP contribution >= 0.6 is 30.9 Å². The van der Waals surface area contributed by atoms with Crippen molar-refractivity contribution in [2.24, 2.45) is 11.7 Å². The highest BCUT2D eigenvalue weighted by atomic mass is 35.5. The second-order valence-corrected chi connectivity index (χ2v) is 14.1. The van der Waals surface area contributed by atoms with Crippen molar-refractivity contribution in [3.05, 3.63) is 76.0 Å². The maximum atomic E-state index is 14.1. The number of nitrogens with two attached hydrogens (primary N) is 1. The van der Waals surface area contributed by atoms with E-state index in [4.69, 9.17) is 43.6 Å². The summed E-state index contributed by atoms with van der Waals surface area (Å²) < 4.78 is 26.4. The Morgan fingerprint density at radius 3 is 2.19 bits per heavy atom. The second-order valence-electron chi connectivity index (χ2n) is 11.3. The number of carbonyl (C=O) groups excluding carboxylic acids is 4. The molecule has 1 aliphatic rings. The largest absolute Gasteiger partial charge is 0.468 e. The van der Waals surface area contributed by atoms with Gasteiger partial charge in [0.2, 0.25) is 5.91 Å². The summed E-state index contributed by atoms with van der Waals surface area (Å²) in [5.74, 6) is -2.76. The smallest absolute Gasteiger partial charge is 0.393 e. The second kappa shape index (κ2) is 17.6. The molecule has 1 fully saturated rings. The Kier molecular flexibility index (Phi) is 14.2. The molecule has 3 atom stereocenters. The van der Waals surface area contributed by atoms with Gasteiger partial charge in [-0.05, 0) is 49.9 Å². The van der Waals surface area contributed by atoms with Gasteiger partial charge in [-0.3, -0.25) is 24.6 Å². The van der Waals surface area contributed by atoms with Crippen molar-refractivity contribution in [1.82, 2.24) is 25.7 Å².